The summed E-state index contributed by atoms with van der Waals surface area (Å²) in [5.41, 5.74) is 7.56. The molecule has 1 aromatic carbocycles. The Kier molecular flexibility index (Phi) is 3.66. The Morgan fingerprint density at radius 1 is 1.20 bits per heavy atom. The van der Waals surface area contributed by atoms with Crippen LogP contribution in [0.1, 0.15) is 44.1 Å². The second kappa shape index (κ2) is 5.44. The zero-order valence-electron chi connectivity index (χ0n) is 11.8. The molecular formula is C16H22N2O2. The van der Waals surface area contributed by atoms with E-state index in [4.69, 9.17) is 10.5 Å². The minimum atomic E-state index is -0.690. The van der Waals surface area contributed by atoms with E-state index >= 15 is 0 Å². The normalized spacial score (nSPS) is 20.6. The van der Waals surface area contributed by atoms with Crippen LogP contribution < -0.4 is 15.8 Å². The molecule has 3 rings (SSSR count). The number of ether oxygens (including phenoxy) is 1. The molecule has 4 nitrogen and oxygen atoms in total. The molecule has 0 radical (unpaired) electrons. The first-order valence-electron chi connectivity index (χ1n) is 7.53. The van der Waals surface area contributed by atoms with E-state index in [1.54, 1.807) is 0 Å². The van der Waals surface area contributed by atoms with Crippen molar-refractivity contribution in [2.24, 2.45) is 5.73 Å². The molecule has 0 aromatic heterocycles. The molecule has 1 heterocycles. The van der Waals surface area contributed by atoms with E-state index in [2.05, 4.69) is 5.32 Å². The topological polar surface area (TPSA) is 64.4 Å². The van der Waals surface area contributed by atoms with Crippen molar-refractivity contribution in [2.75, 3.05) is 11.9 Å². The van der Waals surface area contributed by atoms with E-state index in [1.165, 1.54) is 12.0 Å². The van der Waals surface area contributed by atoms with Gasteiger partial charge in [-0.05, 0) is 49.4 Å². The van der Waals surface area contributed by atoms with Crippen molar-refractivity contribution in [1.29, 1.82) is 0 Å². The van der Waals surface area contributed by atoms with Crippen LogP contribution in [-0.4, -0.2) is 18.1 Å². The number of hydrogen-bond donors (Lipinski definition) is 2. The molecule has 1 saturated carbocycles. The number of anilines is 1. The first-order chi connectivity index (χ1) is 9.67. The third-order valence-corrected chi connectivity index (χ3v) is 4.36. The summed E-state index contributed by atoms with van der Waals surface area (Å²) in [5, 5.41) is 2.98. The Bertz CT molecular complexity index is 507. The van der Waals surface area contributed by atoms with Crippen molar-refractivity contribution in [1.82, 2.24) is 0 Å². The number of hydrogen-bond acceptors (Lipinski definition) is 3. The van der Waals surface area contributed by atoms with Crippen LogP contribution in [0.25, 0.3) is 0 Å². The van der Waals surface area contributed by atoms with Crippen LogP contribution in [0, 0.1) is 0 Å². The van der Waals surface area contributed by atoms with Crippen LogP contribution in [0.3, 0.4) is 0 Å². The van der Waals surface area contributed by atoms with Gasteiger partial charge in [0.05, 0.1) is 12.1 Å². The first kappa shape index (κ1) is 13.4. The van der Waals surface area contributed by atoms with E-state index in [0.717, 1.165) is 56.6 Å². The standard InChI is InChI=1S/C16H22N2O2/c17-16(8-2-1-3-9-16)15(19)18-13-6-7-14-12(11-13)5-4-10-20-14/h6-7,11H,1-5,8-10,17H2,(H,18,19). The molecule has 2 aliphatic rings. The van der Waals surface area contributed by atoms with Gasteiger partial charge in [0.15, 0.2) is 0 Å². The minimum Gasteiger partial charge on any atom is -0.493 e. The lowest BCUT2D eigenvalue weighted by Gasteiger charge is -2.32. The Morgan fingerprint density at radius 2 is 2.00 bits per heavy atom. The van der Waals surface area contributed by atoms with E-state index < -0.39 is 5.54 Å². The van der Waals surface area contributed by atoms with Crippen LogP contribution in [0.5, 0.6) is 5.75 Å². The molecule has 1 fully saturated rings. The zero-order valence-corrected chi connectivity index (χ0v) is 11.8. The van der Waals surface area contributed by atoms with E-state index in [9.17, 15) is 4.79 Å². The van der Waals surface area contributed by atoms with Gasteiger partial charge in [0, 0.05) is 5.69 Å². The van der Waals surface area contributed by atoms with Crippen molar-refractivity contribution in [3.63, 3.8) is 0 Å². The molecule has 0 unspecified atom stereocenters. The number of fused-ring (bicyclic) bond motifs is 1. The van der Waals surface area contributed by atoms with Gasteiger partial charge < -0.3 is 15.8 Å². The summed E-state index contributed by atoms with van der Waals surface area (Å²) in [5.74, 6) is 0.892. The highest BCUT2D eigenvalue weighted by Crippen LogP contribution is 2.30. The van der Waals surface area contributed by atoms with E-state index in [0.29, 0.717) is 0 Å². The van der Waals surface area contributed by atoms with Gasteiger partial charge in [0.25, 0.3) is 0 Å². The maximum Gasteiger partial charge on any atom is 0.244 e. The molecule has 1 amide bonds. The van der Waals surface area contributed by atoms with Gasteiger partial charge in [-0.15, -0.1) is 0 Å². The summed E-state index contributed by atoms with van der Waals surface area (Å²) < 4.78 is 5.58. The van der Waals surface area contributed by atoms with Gasteiger partial charge >= 0.3 is 0 Å². The predicted octanol–water partition coefficient (Wildman–Crippen LogP) is 2.61. The Labute approximate surface area is 119 Å². The summed E-state index contributed by atoms with van der Waals surface area (Å²) in [6, 6.07) is 5.85. The molecule has 1 aromatic rings. The van der Waals surface area contributed by atoms with Crippen molar-refractivity contribution in [2.45, 2.75) is 50.5 Å². The summed E-state index contributed by atoms with van der Waals surface area (Å²) >= 11 is 0. The van der Waals surface area contributed by atoms with Gasteiger partial charge in [-0.25, -0.2) is 0 Å². The Hall–Kier alpha value is -1.55. The number of amides is 1. The predicted molar refractivity (Wildman–Crippen MR) is 78.9 cm³/mol. The molecular weight excluding hydrogens is 252 g/mol. The maximum atomic E-state index is 12.4. The van der Waals surface area contributed by atoms with Gasteiger partial charge in [-0.1, -0.05) is 19.3 Å². The second-order valence-electron chi connectivity index (χ2n) is 5.95. The number of nitrogens with one attached hydrogen (secondary N) is 1. The van der Waals surface area contributed by atoms with Gasteiger partial charge in [0.1, 0.15) is 5.75 Å². The molecule has 4 heteroatoms. The van der Waals surface area contributed by atoms with Crippen molar-refractivity contribution in [3.05, 3.63) is 23.8 Å². The monoisotopic (exact) mass is 274 g/mol. The maximum absolute atomic E-state index is 12.4. The average molecular weight is 274 g/mol. The largest absolute Gasteiger partial charge is 0.493 e. The zero-order chi connectivity index (χ0) is 14.0. The lowest BCUT2D eigenvalue weighted by atomic mass is 9.82. The number of rotatable bonds is 2. The fraction of sp³-hybridized carbons (Fsp3) is 0.562. The Morgan fingerprint density at radius 3 is 2.80 bits per heavy atom. The highest BCUT2D eigenvalue weighted by atomic mass is 16.5. The molecule has 1 aliphatic carbocycles. The Balaban J connectivity index is 1.72. The summed E-state index contributed by atoms with van der Waals surface area (Å²) in [7, 11) is 0. The number of nitrogens with two attached hydrogens (primary N) is 1. The lowest BCUT2D eigenvalue weighted by Crippen LogP contribution is -2.52. The van der Waals surface area contributed by atoms with Crippen LogP contribution in [0.15, 0.2) is 18.2 Å². The molecule has 0 spiro atoms. The van der Waals surface area contributed by atoms with Crippen LogP contribution in [0.4, 0.5) is 5.69 Å². The fourth-order valence-corrected chi connectivity index (χ4v) is 3.10. The number of aryl methyl sites for hydroxylation is 1. The molecule has 0 saturated heterocycles. The third-order valence-electron chi connectivity index (χ3n) is 4.36. The molecule has 1 aliphatic heterocycles. The van der Waals surface area contributed by atoms with Crippen molar-refractivity contribution >= 4 is 11.6 Å². The molecule has 20 heavy (non-hydrogen) atoms. The first-order valence-corrected chi connectivity index (χ1v) is 7.53. The highest BCUT2D eigenvalue weighted by molar-refractivity contribution is 5.98. The molecule has 0 bridgehead atoms. The SMILES string of the molecule is NC1(C(=O)Nc2ccc3c(c2)CCCO3)CCCCC1. The summed E-state index contributed by atoms with van der Waals surface area (Å²) in [6.45, 7) is 0.782. The highest BCUT2D eigenvalue weighted by Gasteiger charge is 2.35. The van der Waals surface area contributed by atoms with Gasteiger partial charge in [-0.3, -0.25) is 4.79 Å². The van der Waals surface area contributed by atoms with Crippen LogP contribution >= 0.6 is 0 Å². The van der Waals surface area contributed by atoms with E-state index in [-0.39, 0.29) is 5.91 Å². The summed E-state index contributed by atoms with van der Waals surface area (Å²) in [6.07, 6.45) is 6.88. The number of carbonyl (C=O) groups is 1. The molecule has 0 atom stereocenters. The second-order valence-corrected chi connectivity index (χ2v) is 5.95. The molecule has 108 valence electrons. The number of benzene rings is 1. The lowest BCUT2D eigenvalue weighted by molar-refractivity contribution is -0.122. The quantitative estimate of drug-likeness (QED) is 0.871. The smallest absolute Gasteiger partial charge is 0.244 e. The van der Waals surface area contributed by atoms with Crippen LogP contribution in [0.2, 0.25) is 0 Å². The van der Waals surface area contributed by atoms with Crippen molar-refractivity contribution in [3.8, 4) is 5.75 Å². The number of carbonyl (C=O) groups excluding carboxylic acids is 1. The summed E-state index contributed by atoms with van der Waals surface area (Å²) in [4.78, 5) is 12.4. The fourth-order valence-electron chi connectivity index (χ4n) is 3.10. The van der Waals surface area contributed by atoms with Gasteiger partial charge in [0.2, 0.25) is 5.91 Å². The van der Waals surface area contributed by atoms with Crippen LogP contribution in [-0.2, 0) is 11.2 Å². The van der Waals surface area contributed by atoms with Crippen molar-refractivity contribution < 1.29 is 9.53 Å². The third kappa shape index (κ3) is 2.66. The average Bonchev–Trinajstić information content (AvgIpc) is 2.48. The minimum absolute atomic E-state index is 0.0473. The van der Waals surface area contributed by atoms with Gasteiger partial charge in [-0.2, -0.15) is 0 Å². The molecule has 3 N–H and O–H groups in total. The van der Waals surface area contributed by atoms with E-state index in [1.807, 2.05) is 18.2 Å².